The van der Waals surface area contributed by atoms with Crippen LogP contribution in [0.5, 0.6) is 0 Å². The molecule has 0 amide bonds. The molecular weight excluding hydrogens is 194 g/mol. The Morgan fingerprint density at radius 3 is 2.62 bits per heavy atom. The summed E-state index contributed by atoms with van der Waals surface area (Å²) in [5, 5.41) is 21.2. The maximum atomic E-state index is 10.7. The number of rotatable bonds is 1. The fourth-order valence-corrected chi connectivity index (χ4v) is 2.46. The number of nitrogens with one attached hydrogen (secondary N) is 1. The molecule has 2 fully saturated rings. The highest BCUT2D eigenvalue weighted by Crippen LogP contribution is 2.37. The van der Waals surface area contributed by atoms with Gasteiger partial charge in [0.05, 0.1) is 6.10 Å². The van der Waals surface area contributed by atoms with Gasteiger partial charge in [-0.1, -0.05) is 0 Å². The molecule has 1 heterocycles. The average Bonchev–Trinajstić information content (AvgIpc) is 2.53. The zero-order chi connectivity index (χ0) is 8.72. The summed E-state index contributed by atoms with van der Waals surface area (Å²) >= 11 is 0. The van der Waals surface area contributed by atoms with Gasteiger partial charge in [-0.3, -0.25) is 4.79 Å². The summed E-state index contributed by atoms with van der Waals surface area (Å²) in [6.45, 7) is 0.656. The summed E-state index contributed by atoms with van der Waals surface area (Å²) in [6.07, 6.45) is 1.32. The van der Waals surface area contributed by atoms with E-state index in [1.165, 1.54) is 0 Å². The van der Waals surface area contributed by atoms with Gasteiger partial charge >= 0.3 is 5.97 Å². The van der Waals surface area contributed by atoms with Crippen LogP contribution in [0, 0.1) is 11.8 Å². The standard InChI is InChI=1S/C8H13NO3.ClH/c10-6-2-1-4-5(6)3-9-7(4)8(11)12;/h4-7,9-10H,1-3H2,(H,11,12);1H. The summed E-state index contributed by atoms with van der Waals surface area (Å²) in [5.74, 6) is -0.458. The topological polar surface area (TPSA) is 69.6 Å². The molecule has 4 atom stereocenters. The minimum absolute atomic E-state index is 0. The number of carbonyl (C=O) groups is 1. The van der Waals surface area contributed by atoms with E-state index in [1.54, 1.807) is 0 Å². The van der Waals surface area contributed by atoms with Gasteiger partial charge in [0.25, 0.3) is 0 Å². The van der Waals surface area contributed by atoms with Gasteiger partial charge in [-0.2, -0.15) is 0 Å². The van der Waals surface area contributed by atoms with Crippen LogP contribution in [0.15, 0.2) is 0 Å². The molecule has 2 rings (SSSR count). The fourth-order valence-electron chi connectivity index (χ4n) is 2.46. The monoisotopic (exact) mass is 207 g/mol. The van der Waals surface area contributed by atoms with Gasteiger partial charge < -0.3 is 15.5 Å². The van der Waals surface area contributed by atoms with E-state index in [-0.39, 0.29) is 30.3 Å². The van der Waals surface area contributed by atoms with Crippen molar-refractivity contribution in [3.05, 3.63) is 0 Å². The molecule has 1 saturated heterocycles. The Morgan fingerprint density at radius 2 is 2.00 bits per heavy atom. The molecule has 0 aromatic heterocycles. The number of hydrogen-bond donors (Lipinski definition) is 3. The van der Waals surface area contributed by atoms with Crippen LogP contribution in [0.3, 0.4) is 0 Å². The molecule has 0 radical (unpaired) electrons. The first-order valence-electron chi connectivity index (χ1n) is 4.34. The summed E-state index contributed by atoms with van der Waals surface area (Å²) < 4.78 is 0. The van der Waals surface area contributed by atoms with Crippen LogP contribution in [0.2, 0.25) is 0 Å². The zero-order valence-corrected chi connectivity index (χ0v) is 7.96. The second-order valence-electron chi connectivity index (χ2n) is 3.70. The predicted octanol–water partition coefficient (Wildman–Crippen LogP) is -0.148. The van der Waals surface area contributed by atoms with Gasteiger partial charge in [0.2, 0.25) is 0 Å². The Bertz CT molecular complexity index is 212. The Hall–Kier alpha value is -0.320. The minimum Gasteiger partial charge on any atom is -0.480 e. The zero-order valence-electron chi connectivity index (χ0n) is 7.14. The Morgan fingerprint density at radius 1 is 1.31 bits per heavy atom. The normalized spacial score (nSPS) is 42.5. The molecule has 76 valence electrons. The van der Waals surface area contributed by atoms with E-state index in [0.717, 1.165) is 12.8 Å². The summed E-state index contributed by atoms with van der Waals surface area (Å²) in [6, 6.07) is -0.424. The number of aliphatic hydroxyl groups is 1. The first-order valence-corrected chi connectivity index (χ1v) is 4.34. The average molecular weight is 208 g/mol. The SMILES string of the molecule is Cl.O=C(O)C1NCC2C(O)CCC12. The lowest BCUT2D eigenvalue weighted by atomic mass is 9.93. The largest absolute Gasteiger partial charge is 0.480 e. The molecule has 4 unspecified atom stereocenters. The van der Waals surface area contributed by atoms with Crippen LogP contribution in [-0.2, 0) is 4.79 Å². The van der Waals surface area contributed by atoms with Crippen molar-refractivity contribution in [1.29, 1.82) is 0 Å². The van der Waals surface area contributed by atoms with Crippen molar-refractivity contribution in [2.24, 2.45) is 11.8 Å². The van der Waals surface area contributed by atoms with Gasteiger partial charge in [-0.25, -0.2) is 0 Å². The van der Waals surface area contributed by atoms with Gasteiger partial charge in [-0.05, 0) is 18.8 Å². The highest BCUT2D eigenvalue weighted by atomic mass is 35.5. The van der Waals surface area contributed by atoms with Crippen LogP contribution in [0.4, 0.5) is 0 Å². The summed E-state index contributed by atoms with van der Waals surface area (Å²) in [5.41, 5.74) is 0. The molecule has 13 heavy (non-hydrogen) atoms. The number of carboxylic acid groups (broad SMARTS) is 1. The molecule has 3 N–H and O–H groups in total. The molecule has 5 heteroatoms. The minimum atomic E-state index is -0.781. The van der Waals surface area contributed by atoms with Crippen molar-refractivity contribution < 1.29 is 15.0 Å². The molecule has 1 aliphatic heterocycles. The molecule has 0 bridgehead atoms. The third kappa shape index (κ3) is 1.66. The van der Waals surface area contributed by atoms with Crippen molar-refractivity contribution in [2.75, 3.05) is 6.54 Å². The summed E-state index contributed by atoms with van der Waals surface area (Å²) in [7, 11) is 0. The highest BCUT2D eigenvalue weighted by molar-refractivity contribution is 5.85. The number of carboxylic acids is 1. The van der Waals surface area contributed by atoms with E-state index in [1.807, 2.05) is 0 Å². The highest BCUT2D eigenvalue weighted by Gasteiger charge is 2.46. The number of hydrogen-bond acceptors (Lipinski definition) is 3. The van der Waals surface area contributed by atoms with Crippen molar-refractivity contribution >= 4 is 18.4 Å². The first kappa shape index (κ1) is 10.8. The Balaban J connectivity index is 0.000000845. The third-order valence-corrected chi connectivity index (χ3v) is 3.11. The lowest BCUT2D eigenvalue weighted by molar-refractivity contribution is -0.140. The molecular formula is C8H14ClNO3. The van der Waals surface area contributed by atoms with Crippen molar-refractivity contribution in [1.82, 2.24) is 5.32 Å². The van der Waals surface area contributed by atoms with E-state index < -0.39 is 12.0 Å². The van der Waals surface area contributed by atoms with Crippen LogP contribution < -0.4 is 5.32 Å². The van der Waals surface area contributed by atoms with E-state index in [0.29, 0.717) is 6.54 Å². The van der Waals surface area contributed by atoms with Gasteiger partial charge in [0.15, 0.2) is 0 Å². The van der Waals surface area contributed by atoms with Gasteiger partial charge in [0, 0.05) is 12.5 Å². The van der Waals surface area contributed by atoms with E-state index in [4.69, 9.17) is 5.11 Å². The second-order valence-corrected chi connectivity index (χ2v) is 3.70. The van der Waals surface area contributed by atoms with Crippen molar-refractivity contribution in [3.8, 4) is 0 Å². The number of halogens is 1. The Kier molecular flexibility index (Phi) is 3.16. The number of aliphatic hydroxyl groups excluding tert-OH is 1. The quantitative estimate of drug-likeness (QED) is 0.560. The lowest BCUT2D eigenvalue weighted by Gasteiger charge is -2.13. The molecule has 1 aliphatic carbocycles. The van der Waals surface area contributed by atoms with E-state index in [2.05, 4.69) is 5.32 Å². The molecule has 0 spiro atoms. The molecule has 0 aromatic carbocycles. The van der Waals surface area contributed by atoms with Crippen LogP contribution >= 0.6 is 12.4 Å². The number of fused-ring (bicyclic) bond motifs is 1. The van der Waals surface area contributed by atoms with Crippen LogP contribution in [0.1, 0.15) is 12.8 Å². The predicted molar refractivity (Wildman–Crippen MR) is 48.9 cm³/mol. The summed E-state index contributed by atoms with van der Waals surface area (Å²) in [4.78, 5) is 10.7. The van der Waals surface area contributed by atoms with E-state index >= 15 is 0 Å². The smallest absolute Gasteiger partial charge is 0.320 e. The molecule has 1 saturated carbocycles. The molecule has 0 aromatic rings. The van der Waals surface area contributed by atoms with Crippen molar-refractivity contribution in [2.45, 2.75) is 25.0 Å². The maximum Gasteiger partial charge on any atom is 0.320 e. The lowest BCUT2D eigenvalue weighted by Crippen LogP contribution is -2.35. The fraction of sp³-hybridized carbons (Fsp3) is 0.875. The second kappa shape index (κ2) is 3.82. The van der Waals surface area contributed by atoms with Crippen molar-refractivity contribution in [3.63, 3.8) is 0 Å². The van der Waals surface area contributed by atoms with Crippen LogP contribution in [0.25, 0.3) is 0 Å². The van der Waals surface area contributed by atoms with Crippen LogP contribution in [-0.4, -0.2) is 34.9 Å². The Labute approximate surface area is 82.7 Å². The molecule has 2 aliphatic rings. The third-order valence-electron chi connectivity index (χ3n) is 3.11. The first-order chi connectivity index (χ1) is 5.70. The van der Waals surface area contributed by atoms with E-state index in [9.17, 15) is 9.90 Å². The van der Waals surface area contributed by atoms with Gasteiger partial charge in [-0.15, -0.1) is 12.4 Å². The number of aliphatic carboxylic acids is 1. The molecule has 4 nitrogen and oxygen atoms in total. The van der Waals surface area contributed by atoms with Gasteiger partial charge in [0.1, 0.15) is 6.04 Å². The maximum absolute atomic E-state index is 10.7.